The number of aliphatic hydroxyl groups is 1. The van der Waals surface area contributed by atoms with E-state index in [4.69, 9.17) is 23.2 Å². The molecular formula is C15H15Cl2NO. The molecule has 0 spiro atoms. The molecule has 0 radical (unpaired) electrons. The fraction of sp³-hybridized carbons (Fsp3) is 0.200. The van der Waals surface area contributed by atoms with Crippen molar-refractivity contribution in [1.29, 1.82) is 0 Å². The Morgan fingerprint density at radius 3 is 2.63 bits per heavy atom. The molecule has 0 amide bonds. The third-order valence-corrected chi connectivity index (χ3v) is 3.49. The van der Waals surface area contributed by atoms with Gasteiger partial charge in [0, 0.05) is 27.8 Å². The normalized spacial score (nSPS) is 12.2. The van der Waals surface area contributed by atoms with E-state index in [0.29, 0.717) is 16.6 Å². The van der Waals surface area contributed by atoms with Crippen LogP contribution in [0.2, 0.25) is 10.0 Å². The highest BCUT2D eigenvalue weighted by Crippen LogP contribution is 2.25. The summed E-state index contributed by atoms with van der Waals surface area (Å²) in [7, 11) is 0. The molecule has 0 aliphatic heterocycles. The molecule has 0 heterocycles. The summed E-state index contributed by atoms with van der Waals surface area (Å²) in [4.78, 5) is 0. The lowest BCUT2D eigenvalue weighted by molar-refractivity contribution is 0.200. The highest BCUT2D eigenvalue weighted by Gasteiger charge is 2.07. The van der Waals surface area contributed by atoms with Crippen molar-refractivity contribution in [3.63, 3.8) is 0 Å². The first-order valence-electron chi connectivity index (χ1n) is 6.02. The van der Waals surface area contributed by atoms with Crippen molar-refractivity contribution in [2.75, 3.05) is 5.32 Å². The van der Waals surface area contributed by atoms with Gasteiger partial charge in [-0.15, -0.1) is 0 Å². The van der Waals surface area contributed by atoms with Crippen molar-refractivity contribution in [2.24, 2.45) is 0 Å². The molecule has 4 heteroatoms. The van der Waals surface area contributed by atoms with Crippen molar-refractivity contribution < 1.29 is 5.11 Å². The average Bonchev–Trinajstić information content (AvgIpc) is 2.40. The minimum atomic E-state index is -0.515. The van der Waals surface area contributed by atoms with Gasteiger partial charge in [-0.1, -0.05) is 41.4 Å². The van der Waals surface area contributed by atoms with Gasteiger partial charge in [-0.05, 0) is 36.8 Å². The third-order valence-electron chi connectivity index (χ3n) is 2.89. The van der Waals surface area contributed by atoms with Gasteiger partial charge >= 0.3 is 0 Å². The predicted molar refractivity (Wildman–Crippen MR) is 80.9 cm³/mol. The smallest absolute Gasteiger partial charge is 0.0781 e. The van der Waals surface area contributed by atoms with Gasteiger partial charge in [0.15, 0.2) is 0 Å². The lowest BCUT2D eigenvalue weighted by Crippen LogP contribution is -2.04. The van der Waals surface area contributed by atoms with Crippen molar-refractivity contribution in [3.05, 3.63) is 63.6 Å². The standard InChI is InChI=1S/C15H15Cl2NO/c1-10(19)13-4-2-3-5-15(13)18-9-11-8-12(16)6-7-14(11)17/h2-8,10,18-19H,9H2,1H3. The minimum Gasteiger partial charge on any atom is -0.389 e. The van der Waals surface area contributed by atoms with Crippen LogP contribution in [0.3, 0.4) is 0 Å². The van der Waals surface area contributed by atoms with Gasteiger partial charge in [0.2, 0.25) is 0 Å². The van der Waals surface area contributed by atoms with Crippen LogP contribution in [0.25, 0.3) is 0 Å². The molecule has 0 saturated heterocycles. The molecular weight excluding hydrogens is 281 g/mol. The van der Waals surface area contributed by atoms with E-state index in [0.717, 1.165) is 16.8 Å². The van der Waals surface area contributed by atoms with E-state index in [9.17, 15) is 5.11 Å². The van der Waals surface area contributed by atoms with Crippen molar-refractivity contribution in [3.8, 4) is 0 Å². The highest BCUT2D eigenvalue weighted by atomic mass is 35.5. The van der Waals surface area contributed by atoms with Crippen LogP contribution in [0.1, 0.15) is 24.2 Å². The zero-order chi connectivity index (χ0) is 13.8. The Labute approximate surface area is 123 Å². The first-order valence-corrected chi connectivity index (χ1v) is 6.78. The summed E-state index contributed by atoms with van der Waals surface area (Å²) in [6.07, 6.45) is -0.515. The lowest BCUT2D eigenvalue weighted by Gasteiger charge is -2.14. The fourth-order valence-corrected chi connectivity index (χ4v) is 2.27. The molecule has 1 atom stereocenters. The van der Waals surface area contributed by atoms with Gasteiger partial charge in [0.05, 0.1) is 6.10 Å². The molecule has 19 heavy (non-hydrogen) atoms. The summed E-state index contributed by atoms with van der Waals surface area (Å²) in [5.41, 5.74) is 2.68. The summed E-state index contributed by atoms with van der Waals surface area (Å²) >= 11 is 12.1. The summed E-state index contributed by atoms with van der Waals surface area (Å²) in [5, 5.41) is 14.3. The SMILES string of the molecule is CC(O)c1ccccc1NCc1cc(Cl)ccc1Cl. The van der Waals surface area contributed by atoms with E-state index >= 15 is 0 Å². The first kappa shape index (κ1) is 14.2. The summed E-state index contributed by atoms with van der Waals surface area (Å²) in [6.45, 7) is 2.30. The molecule has 2 N–H and O–H groups in total. The zero-order valence-electron chi connectivity index (χ0n) is 10.5. The van der Waals surface area contributed by atoms with Crippen LogP contribution in [-0.4, -0.2) is 5.11 Å². The van der Waals surface area contributed by atoms with Crippen molar-refractivity contribution in [2.45, 2.75) is 19.6 Å². The van der Waals surface area contributed by atoms with Crippen molar-refractivity contribution in [1.82, 2.24) is 0 Å². The molecule has 1 unspecified atom stereocenters. The van der Waals surface area contributed by atoms with Crippen LogP contribution < -0.4 is 5.32 Å². The van der Waals surface area contributed by atoms with Crippen LogP contribution in [0.4, 0.5) is 5.69 Å². The number of para-hydroxylation sites is 1. The van der Waals surface area contributed by atoms with Gasteiger partial charge in [-0.25, -0.2) is 0 Å². The molecule has 0 aromatic heterocycles. The van der Waals surface area contributed by atoms with E-state index in [-0.39, 0.29) is 0 Å². The molecule has 0 aliphatic carbocycles. The molecule has 0 bridgehead atoms. The summed E-state index contributed by atoms with van der Waals surface area (Å²) in [6, 6.07) is 13.0. The Balaban J connectivity index is 2.17. The van der Waals surface area contributed by atoms with Gasteiger partial charge in [-0.3, -0.25) is 0 Å². The summed E-state index contributed by atoms with van der Waals surface area (Å²) < 4.78 is 0. The monoisotopic (exact) mass is 295 g/mol. The molecule has 2 aromatic carbocycles. The number of nitrogens with one attached hydrogen (secondary N) is 1. The average molecular weight is 296 g/mol. The van der Waals surface area contributed by atoms with Crippen LogP contribution >= 0.6 is 23.2 Å². The number of aliphatic hydroxyl groups excluding tert-OH is 1. The highest BCUT2D eigenvalue weighted by molar-refractivity contribution is 6.33. The van der Waals surface area contributed by atoms with Crippen molar-refractivity contribution >= 4 is 28.9 Å². The maximum absolute atomic E-state index is 9.71. The largest absolute Gasteiger partial charge is 0.389 e. The van der Waals surface area contributed by atoms with E-state index in [1.54, 1.807) is 19.1 Å². The maximum Gasteiger partial charge on any atom is 0.0781 e. The summed E-state index contributed by atoms with van der Waals surface area (Å²) in [5.74, 6) is 0. The predicted octanol–water partition coefficient (Wildman–Crippen LogP) is 4.66. The van der Waals surface area contributed by atoms with Crippen LogP contribution in [-0.2, 0) is 6.54 Å². The number of hydrogen-bond acceptors (Lipinski definition) is 2. The third kappa shape index (κ3) is 3.63. The molecule has 100 valence electrons. The second-order valence-corrected chi connectivity index (χ2v) is 5.20. The maximum atomic E-state index is 9.71. The van der Waals surface area contributed by atoms with E-state index < -0.39 is 6.10 Å². The fourth-order valence-electron chi connectivity index (χ4n) is 1.89. The number of rotatable bonds is 4. The first-order chi connectivity index (χ1) is 9.08. The van der Waals surface area contributed by atoms with Crippen LogP contribution in [0.5, 0.6) is 0 Å². The second-order valence-electron chi connectivity index (χ2n) is 4.35. The molecule has 0 fully saturated rings. The van der Waals surface area contributed by atoms with E-state index in [1.807, 2.05) is 30.3 Å². The molecule has 0 saturated carbocycles. The van der Waals surface area contributed by atoms with Gasteiger partial charge in [0.1, 0.15) is 0 Å². The van der Waals surface area contributed by atoms with Gasteiger partial charge in [0.25, 0.3) is 0 Å². The van der Waals surface area contributed by atoms with E-state index in [1.165, 1.54) is 0 Å². The topological polar surface area (TPSA) is 32.3 Å². The zero-order valence-corrected chi connectivity index (χ0v) is 12.0. The number of anilines is 1. The number of benzene rings is 2. The number of hydrogen-bond donors (Lipinski definition) is 2. The quantitative estimate of drug-likeness (QED) is 0.860. The Hall–Kier alpha value is -1.22. The molecule has 2 rings (SSSR count). The van der Waals surface area contributed by atoms with Crippen LogP contribution in [0.15, 0.2) is 42.5 Å². The molecule has 2 nitrogen and oxygen atoms in total. The Morgan fingerprint density at radius 2 is 1.89 bits per heavy atom. The van der Waals surface area contributed by atoms with Gasteiger partial charge in [-0.2, -0.15) is 0 Å². The van der Waals surface area contributed by atoms with E-state index in [2.05, 4.69) is 5.32 Å². The Morgan fingerprint density at radius 1 is 1.16 bits per heavy atom. The molecule has 0 aliphatic rings. The second kappa shape index (κ2) is 6.29. The minimum absolute atomic E-state index is 0.515. The lowest BCUT2D eigenvalue weighted by atomic mass is 10.1. The Kier molecular flexibility index (Phi) is 4.70. The number of halogens is 2. The molecule has 2 aromatic rings. The van der Waals surface area contributed by atoms with Gasteiger partial charge < -0.3 is 10.4 Å². The van der Waals surface area contributed by atoms with Crippen LogP contribution in [0, 0.1) is 0 Å². The Bertz CT molecular complexity index is 570.